The highest BCUT2D eigenvalue weighted by molar-refractivity contribution is 6.42. The maximum Gasteiger partial charge on any atom is 0.488 e. The van der Waals surface area contributed by atoms with E-state index < -0.39 is 13.2 Å². The molecule has 0 aromatic heterocycles. The first-order valence-electron chi connectivity index (χ1n) is 6.68. The fourth-order valence-corrected chi connectivity index (χ4v) is 1.80. The highest BCUT2D eigenvalue weighted by atomic mass is 19.1. The molecule has 1 unspecified atom stereocenters. The van der Waals surface area contributed by atoms with Crippen molar-refractivity contribution in [2.75, 3.05) is 0 Å². The molecule has 16 heavy (non-hydrogen) atoms. The molecular weight excluding hydrogens is 206 g/mol. The molecule has 0 spiro atoms. The van der Waals surface area contributed by atoms with Gasteiger partial charge in [0.05, 0.1) is 0 Å². The minimum atomic E-state index is -1.80. The molecule has 0 aliphatic heterocycles. The predicted molar refractivity (Wildman–Crippen MR) is 66.9 cm³/mol. The van der Waals surface area contributed by atoms with Crippen LogP contribution in [0.25, 0.3) is 0 Å². The molecule has 0 aromatic rings. The van der Waals surface area contributed by atoms with Crippen molar-refractivity contribution < 1.29 is 14.4 Å². The Morgan fingerprint density at radius 3 is 1.75 bits per heavy atom. The molecule has 0 amide bonds. The summed E-state index contributed by atoms with van der Waals surface area (Å²) in [5.41, 5.74) is 0. The predicted octanol–water partition coefficient (Wildman–Crippen LogP) is 3.26. The fraction of sp³-hybridized carbons (Fsp3) is 1.00. The third-order valence-corrected chi connectivity index (χ3v) is 2.91. The average molecular weight is 232 g/mol. The summed E-state index contributed by atoms with van der Waals surface area (Å²) in [5, 5.41) is 17.0. The highest BCUT2D eigenvalue weighted by Crippen LogP contribution is 2.12. The molecule has 1 atom stereocenters. The first kappa shape index (κ1) is 15.9. The molecular formula is C12H26BFO2. The maximum absolute atomic E-state index is 12.7. The number of halogens is 1. The van der Waals surface area contributed by atoms with Gasteiger partial charge in [-0.3, -0.25) is 4.39 Å². The summed E-state index contributed by atoms with van der Waals surface area (Å²) in [5.74, 6) is 0. The van der Waals surface area contributed by atoms with Crippen LogP contribution in [0.1, 0.15) is 71.1 Å². The van der Waals surface area contributed by atoms with Crippen molar-refractivity contribution in [3.05, 3.63) is 0 Å². The van der Waals surface area contributed by atoms with E-state index in [0.717, 1.165) is 19.3 Å². The van der Waals surface area contributed by atoms with Gasteiger partial charge in [0.2, 0.25) is 0 Å². The lowest BCUT2D eigenvalue weighted by atomic mass is 9.81. The highest BCUT2D eigenvalue weighted by Gasteiger charge is 2.21. The number of unbranched alkanes of at least 4 members (excludes halogenated alkanes) is 8. The van der Waals surface area contributed by atoms with Crippen molar-refractivity contribution in [1.82, 2.24) is 0 Å². The van der Waals surface area contributed by atoms with Crippen molar-refractivity contribution >= 4 is 7.12 Å². The summed E-state index contributed by atoms with van der Waals surface area (Å²) in [6.07, 6.45) is 9.46. The van der Waals surface area contributed by atoms with Gasteiger partial charge in [0, 0.05) is 0 Å². The molecule has 0 aliphatic carbocycles. The van der Waals surface area contributed by atoms with Gasteiger partial charge in [-0.25, -0.2) is 0 Å². The van der Waals surface area contributed by atoms with Gasteiger partial charge in [0.15, 0.2) is 0 Å². The summed E-state index contributed by atoms with van der Waals surface area (Å²) < 4.78 is 12.7. The van der Waals surface area contributed by atoms with Gasteiger partial charge in [-0.15, -0.1) is 0 Å². The molecule has 96 valence electrons. The van der Waals surface area contributed by atoms with E-state index in [1.807, 2.05) is 0 Å². The zero-order chi connectivity index (χ0) is 12.2. The van der Waals surface area contributed by atoms with E-state index in [-0.39, 0.29) is 6.42 Å². The third-order valence-electron chi connectivity index (χ3n) is 2.91. The normalized spacial score (nSPS) is 12.8. The Balaban J connectivity index is 3.04. The van der Waals surface area contributed by atoms with Gasteiger partial charge in [-0.1, -0.05) is 64.7 Å². The SMILES string of the molecule is CCCCCCCCCCCC(F)B(O)O. The van der Waals surface area contributed by atoms with Crippen molar-refractivity contribution in [2.45, 2.75) is 77.2 Å². The Kier molecular flexibility index (Phi) is 11.3. The lowest BCUT2D eigenvalue weighted by Gasteiger charge is -2.06. The molecule has 0 aromatic carbocycles. The molecule has 0 fully saturated rings. The van der Waals surface area contributed by atoms with Crippen molar-refractivity contribution in [1.29, 1.82) is 0 Å². The van der Waals surface area contributed by atoms with Crippen LogP contribution < -0.4 is 0 Å². The van der Waals surface area contributed by atoms with Crippen LogP contribution in [0.5, 0.6) is 0 Å². The summed E-state index contributed by atoms with van der Waals surface area (Å²) >= 11 is 0. The van der Waals surface area contributed by atoms with E-state index in [2.05, 4.69) is 6.92 Å². The summed E-state index contributed by atoms with van der Waals surface area (Å²) in [4.78, 5) is 0. The topological polar surface area (TPSA) is 40.5 Å². The zero-order valence-corrected chi connectivity index (χ0v) is 10.5. The lowest BCUT2D eigenvalue weighted by Crippen LogP contribution is -2.26. The van der Waals surface area contributed by atoms with Crippen LogP contribution in [0, 0.1) is 0 Å². The molecule has 0 radical (unpaired) electrons. The third kappa shape index (κ3) is 10.4. The minimum Gasteiger partial charge on any atom is -0.425 e. The number of alkyl halides is 1. The van der Waals surface area contributed by atoms with Crippen LogP contribution in [0.15, 0.2) is 0 Å². The Hall–Kier alpha value is -0.0851. The first-order valence-corrected chi connectivity index (χ1v) is 6.68. The largest absolute Gasteiger partial charge is 0.488 e. The zero-order valence-electron chi connectivity index (χ0n) is 10.5. The van der Waals surface area contributed by atoms with E-state index in [9.17, 15) is 4.39 Å². The second-order valence-corrected chi connectivity index (χ2v) is 4.55. The quantitative estimate of drug-likeness (QED) is 0.424. The van der Waals surface area contributed by atoms with Crippen molar-refractivity contribution in [3.63, 3.8) is 0 Å². The monoisotopic (exact) mass is 232 g/mol. The lowest BCUT2D eigenvalue weighted by molar-refractivity contribution is 0.291. The van der Waals surface area contributed by atoms with E-state index in [4.69, 9.17) is 10.0 Å². The Morgan fingerprint density at radius 1 is 0.875 bits per heavy atom. The minimum absolute atomic E-state index is 0.271. The van der Waals surface area contributed by atoms with Gasteiger partial charge in [0.25, 0.3) is 0 Å². The number of hydrogen-bond acceptors (Lipinski definition) is 2. The smallest absolute Gasteiger partial charge is 0.425 e. The van der Waals surface area contributed by atoms with Crippen LogP contribution in [-0.2, 0) is 0 Å². The second-order valence-electron chi connectivity index (χ2n) is 4.55. The molecule has 0 aliphatic rings. The van der Waals surface area contributed by atoms with E-state index in [1.54, 1.807) is 0 Å². The summed E-state index contributed by atoms with van der Waals surface area (Å²) in [7, 11) is -1.80. The molecule has 4 heteroatoms. The molecule has 0 saturated heterocycles. The van der Waals surface area contributed by atoms with Gasteiger partial charge < -0.3 is 10.0 Å². The van der Waals surface area contributed by atoms with Crippen LogP contribution in [0.2, 0.25) is 0 Å². The Morgan fingerprint density at radius 2 is 1.31 bits per heavy atom. The molecule has 0 rings (SSSR count). The Labute approximate surface area is 99.4 Å². The van der Waals surface area contributed by atoms with E-state index in [1.165, 1.54) is 38.5 Å². The van der Waals surface area contributed by atoms with Crippen LogP contribution in [0.3, 0.4) is 0 Å². The Bertz CT molecular complexity index is 145. The molecule has 2 N–H and O–H groups in total. The van der Waals surface area contributed by atoms with Gasteiger partial charge >= 0.3 is 7.12 Å². The maximum atomic E-state index is 12.7. The van der Waals surface area contributed by atoms with Crippen LogP contribution >= 0.6 is 0 Å². The fourth-order valence-electron chi connectivity index (χ4n) is 1.80. The molecule has 0 heterocycles. The van der Waals surface area contributed by atoms with Crippen molar-refractivity contribution in [3.8, 4) is 0 Å². The molecule has 0 bridgehead atoms. The summed E-state index contributed by atoms with van der Waals surface area (Å²) in [6, 6.07) is 0. The summed E-state index contributed by atoms with van der Waals surface area (Å²) in [6.45, 7) is 2.21. The average Bonchev–Trinajstić information content (AvgIpc) is 2.26. The number of hydrogen-bond donors (Lipinski definition) is 2. The second kappa shape index (κ2) is 11.4. The molecule has 0 saturated carbocycles. The number of rotatable bonds is 11. The van der Waals surface area contributed by atoms with E-state index in [0.29, 0.717) is 0 Å². The van der Waals surface area contributed by atoms with Crippen LogP contribution in [-0.4, -0.2) is 23.2 Å². The van der Waals surface area contributed by atoms with Gasteiger partial charge in [-0.2, -0.15) is 0 Å². The van der Waals surface area contributed by atoms with E-state index >= 15 is 0 Å². The van der Waals surface area contributed by atoms with Crippen molar-refractivity contribution in [2.24, 2.45) is 0 Å². The van der Waals surface area contributed by atoms with Gasteiger partial charge in [-0.05, 0) is 6.42 Å². The first-order chi connectivity index (χ1) is 7.68. The van der Waals surface area contributed by atoms with Crippen LogP contribution in [0.4, 0.5) is 4.39 Å². The standard InChI is InChI=1S/C12H26BFO2/c1-2-3-4-5-6-7-8-9-10-11-12(14)13(15)16/h12,15-16H,2-11H2,1H3. The van der Waals surface area contributed by atoms with Gasteiger partial charge in [0.1, 0.15) is 6.07 Å². The molecule has 2 nitrogen and oxygen atoms in total.